The number of benzene rings is 1. The molecule has 0 nitrogen and oxygen atoms in total. The summed E-state index contributed by atoms with van der Waals surface area (Å²) in [5.41, 5.74) is -2.34. The highest BCUT2D eigenvalue weighted by Crippen LogP contribution is 2.21. The first-order chi connectivity index (χ1) is 8.75. The van der Waals surface area contributed by atoms with Crippen LogP contribution < -0.4 is 0 Å². The van der Waals surface area contributed by atoms with Crippen molar-refractivity contribution in [3.05, 3.63) is 35.4 Å². The Kier molecular flexibility index (Phi) is 0.575. The van der Waals surface area contributed by atoms with Crippen LogP contribution in [0, 0.1) is 6.92 Å². The summed E-state index contributed by atoms with van der Waals surface area (Å²) in [6, 6.07) is 5.54. The van der Waals surface area contributed by atoms with Crippen molar-refractivity contribution in [2.75, 3.05) is 0 Å². The fraction of sp³-hybridized carbons (Fsp3) is 0.455. The predicted molar refractivity (Wildman–Crippen MR) is 49.9 cm³/mol. The summed E-state index contributed by atoms with van der Waals surface area (Å²) in [5, 5.41) is 0. The highest BCUT2D eigenvalue weighted by atomic mass is 14.2. The average molecular weight is 157 g/mol. The van der Waals surface area contributed by atoms with Crippen molar-refractivity contribution in [2.45, 2.75) is 32.9 Å². The Bertz CT molecular complexity index is 425. The second kappa shape index (κ2) is 2.69. The van der Waals surface area contributed by atoms with Crippen molar-refractivity contribution < 1.29 is 12.3 Å². The molecule has 0 bridgehead atoms. The van der Waals surface area contributed by atoms with Crippen LogP contribution in [0.25, 0.3) is 0 Å². The lowest BCUT2D eigenvalue weighted by Crippen LogP contribution is -2.10. The molecule has 60 valence electrons. The summed E-state index contributed by atoms with van der Waals surface area (Å²) in [7, 11) is 0. The van der Waals surface area contributed by atoms with Crippen molar-refractivity contribution in [1.29, 1.82) is 0 Å². The van der Waals surface area contributed by atoms with Gasteiger partial charge >= 0.3 is 0 Å². The molecule has 0 heteroatoms. The van der Waals surface area contributed by atoms with Crippen LogP contribution in [0.5, 0.6) is 0 Å². The lowest BCUT2D eigenvalue weighted by atomic mass is 9.87. The molecule has 0 N–H and O–H groups in total. The van der Waals surface area contributed by atoms with Gasteiger partial charge in [-0.15, -0.1) is 0 Å². The first-order valence-corrected chi connectivity index (χ1v) is 3.32. The highest BCUT2D eigenvalue weighted by molar-refractivity contribution is 5.26. The zero-order valence-corrected chi connectivity index (χ0v) is 6.31. The van der Waals surface area contributed by atoms with Crippen LogP contribution in [-0.4, -0.2) is 0 Å². The van der Waals surface area contributed by atoms with Crippen LogP contribution in [0.3, 0.4) is 0 Å². The third-order valence-corrected chi connectivity index (χ3v) is 1.48. The van der Waals surface area contributed by atoms with Crippen LogP contribution in [-0.2, 0) is 5.41 Å². The summed E-state index contributed by atoms with van der Waals surface area (Å²) in [6.45, 7) is -7.85. The maximum atomic E-state index is 7.55. The number of rotatable bonds is 0. The quantitative estimate of drug-likeness (QED) is 0.542. The molecule has 0 heterocycles. The predicted octanol–water partition coefficient (Wildman–Crippen LogP) is 3.29. The average Bonchev–Trinajstić information content (AvgIpc) is 2.14. The van der Waals surface area contributed by atoms with Crippen LogP contribution >= 0.6 is 0 Å². The van der Waals surface area contributed by atoms with E-state index in [2.05, 4.69) is 0 Å². The molecule has 1 rings (SSSR count). The van der Waals surface area contributed by atoms with Crippen LogP contribution in [0.1, 0.15) is 44.0 Å². The lowest BCUT2D eigenvalue weighted by Gasteiger charge is -2.18. The van der Waals surface area contributed by atoms with E-state index in [1.54, 1.807) is 6.92 Å². The molecule has 0 aliphatic rings. The molecule has 0 spiro atoms. The highest BCUT2D eigenvalue weighted by Gasteiger charge is 2.11. The molecule has 0 fully saturated rings. The molecule has 0 atom stereocenters. The molecule has 0 aliphatic carbocycles. The van der Waals surface area contributed by atoms with Gasteiger partial charge in [0, 0.05) is 12.3 Å². The first-order valence-electron chi connectivity index (χ1n) is 7.82. The van der Waals surface area contributed by atoms with E-state index >= 15 is 0 Å². The van der Waals surface area contributed by atoms with E-state index < -0.39 is 26.0 Å². The first kappa shape index (κ1) is 2.35. The Labute approximate surface area is 81.9 Å². The molecule has 0 radical (unpaired) electrons. The lowest BCUT2D eigenvalue weighted by molar-refractivity contribution is 0.590. The van der Waals surface area contributed by atoms with Gasteiger partial charge in [-0.25, -0.2) is 0 Å². The molecule has 0 saturated heterocycles. The SMILES string of the molecule is [2H]C([2H])([2H])C(c1ccc(C)cc1)(C([2H])([2H])[2H])C([2H])([2H])[2H]. The Balaban J connectivity index is 3.77. The van der Waals surface area contributed by atoms with Crippen LogP contribution in [0.15, 0.2) is 24.3 Å². The normalized spacial score (nSPS) is 27.2. The van der Waals surface area contributed by atoms with E-state index in [1.807, 2.05) is 0 Å². The van der Waals surface area contributed by atoms with Gasteiger partial charge in [0.2, 0.25) is 0 Å². The number of hydrogen-bond donors (Lipinski definition) is 0. The van der Waals surface area contributed by atoms with Gasteiger partial charge in [0.05, 0.1) is 0 Å². The minimum Gasteiger partial charge on any atom is -0.0590 e. The summed E-state index contributed by atoms with van der Waals surface area (Å²) < 4.78 is 68.0. The van der Waals surface area contributed by atoms with Gasteiger partial charge in [-0.1, -0.05) is 50.4 Å². The third-order valence-electron chi connectivity index (χ3n) is 1.48. The maximum Gasteiger partial charge on any atom is 0.0239 e. The minimum atomic E-state index is -3.20. The zero-order valence-electron chi connectivity index (χ0n) is 15.3. The monoisotopic (exact) mass is 157 g/mol. The fourth-order valence-electron chi connectivity index (χ4n) is 0.804. The molecule has 0 aromatic heterocycles. The molecule has 0 unspecified atom stereocenters. The Morgan fingerprint density at radius 2 is 1.64 bits per heavy atom. The van der Waals surface area contributed by atoms with Crippen LogP contribution in [0.2, 0.25) is 0 Å². The second-order valence-corrected chi connectivity index (χ2v) is 2.62. The largest absolute Gasteiger partial charge is 0.0590 e. The maximum absolute atomic E-state index is 7.55. The topological polar surface area (TPSA) is 0 Å². The summed E-state index contributed by atoms with van der Waals surface area (Å²) in [4.78, 5) is 0. The molecule has 0 aliphatic heterocycles. The van der Waals surface area contributed by atoms with E-state index in [1.165, 1.54) is 24.3 Å². The molecule has 11 heavy (non-hydrogen) atoms. The molecule has 0 saturated carbocycles. The Hall–Kier alpha value is -0.780. The summed E-state index contributed by atoms with van der Waals surface area (Å²) in [5.74, 6) is 0. The van der Waals surface area contributed by atoms with E-state index in [-0.39, 0.29) is 5.56 Å². The van der Waals surface area contributed by atoms with Crippen LogP contribution in [0.4, 0.5) is 0 Å². The fourth-order valence-corrected chi connectivity index (χ4v) is 0.804. The van der Waals surface area contributed by atoms with E-state index in [9.17, 15) is 0 Å². The number of aryl methyl sites for hydroxylation is 1. The second-order valence-electron chi connectivity index (χ2n) is 2.62. The smallest absolute Gasteiger partial charge is 0.0239 e. The van der Waals surface area contributed by atoms with E-state index in [0.29, 0.717) is 0 Å². The summed E-state index contributed by atoms with van der Waals surface area (Å²) >= 11 is 0. The van der Waals surface area contributed by atoms with Crippen molar-refractivity contribution in [1.82, 2.24) is 0 Å². The van der Waals surface area contributed by atoms with Crippen molar-refractivity contribution >= 4 is 0 Å². The van der Waals surface area contributed by atoms with Gasteiger partial charge in [-0.2, -0.15) is 0 Å². The van der Waals surface area contributed by atoms with Gasteiger partial charge in [0.15, 0.2) is 0 Å². The molecular weight excluding hydrogens is 132 g/mol. The zero-order chi connectivity index (χ0) is 16.0. The van der Waals surface area contributed by atoms with E-state index in [0.717, 1.165) is 5.56 Å². The molecule has 0 amide bonds. The van der Waals surface area contributed by atoms with Crippen molar-refractivity contribution in [3.63, 3.8) is 0 Å². The third kappa shape index (κ3) is 2.07. The van der Waals surface area contributed by atoms with Gasteiger partial charge in [-0.3, -0.25) is 0 Å². The van der Waals surface area contributed by atoms with Crippen molar-refractivity contribution in [2.24, 2.45) is 0 Å². The van der Waals surface area contributed by atoms with Gasteiger partial charge in [-0.05, 0) is 17.9 Å². The molecule has 1 aromatic carbocycles. The Morgan fingerprint density at radius 3 is 2.09 bits per heavy atom. The van der Waals surface area contributed by atoms with Gasteiger partial charge < -0.3 is 0 Å². The van der Waals surface area contributed by atoms with Gasteiger partial charge in [0.1, 0.15) is 0 Å². The number of hydrogen-bond acceptors (Lipinski definition) is 0. The van der Waals surface area contributed by atoms with Gasteiger partial charge in [0.25, 0.3) is 0 Å². The summed E-state index contributed by atoms with van der Waals surface area (Å²) in [6.07, 6.45) is 0. The molecule has 1 aromatic rings. The molecular formula is C11H16. The van der Waals surface area contributed by atoms with E-state index in [4.69, 9.17) is 12.3 Å². The standard InChI is InChI=1S/C11H16/c1-9-5-7-10(8-6-9)11(2,3)4/h5-8H,1-4H3/i2D3,3D3,4D3. The Morgan fingerprint density at radius 1 is 1.09 bits per heavy atom. The minimum absolute atomic E-state index is 0.219. The van der Waals surface area contributed by atoms with Crippen molar-refractivity contribution in [3.8, 4) is 0 Å².